The van der Waals surface area contributed by atoms with E-state index in [0.29, 0.717) is 31.7 Å². The minimum atomic E-state index is -0.0932. The molecule has 1 rings (SSSR count). The monoisotopic (exact) mass is 251 g/mol. The third kappa shape index (κ3) is 3.80. The molecule has 0 aliphatic rings. The maximum absolute atomic E-state index is 12.1. The van der Waals surface area contributed by atoms with Gasteiger partial charge >= 0.3 is 0 Å². The lowest BCUT2D eigenvalue weighted by Gasteiger charge is -2.17. The van der Waals surface area contributed by atoms with Crippen LogP contribution in [-0.4, -0.2) is 35.4 Å². The molecule has 0 bridgehead atoms. The van der Waals surface area contributed by atoms with Gasteiger partial charge in [-0.2, -0.15) is 0 Å². The van der Waals surface area contributed by atoms with Gasteiger partial charge in [-0.05, 0) is 6.54 Å². The molecule has 5 heteroatoms. The van der Waals surface area contributed by atoms with Crippen LogP contribution in [0.25, 0.3) is 0 Å². The molecular weight excluding hydrogens is 234 g/mol. The van der Waals surface area contributed by atoms with Crippen molar-refractivity contribution < 1.29 is 4.79 Å². The van der Waals surface area contributed by atoms with E-state index in [-0.39, 0.29) is 5.91 Å². The Morgan fingerprint density at radius 3 is 2.65 bits per heavy atom. The highest BCUT2D eigenvalue weighted by Crippen LogP contribution is 2.12. The second-order valence-corrected chi connectivity index (χ2v) is 4.40. The van der Waals surface area contributed by atoms with Crippen molar-refractivity contribution in [2.24, 2.45) is 5.73 Å². The van der Waals surface area contributed by atoms with Gasteiger partial charge in [-0.15, -0.1) is 24.5 Å². The third-order valence-electron chi connectivity index (χ3n) is 2.12. The lowest BCUT2D eigenvalue weighted by Crippen LogP contribution is -2.31. The second kappa shape index (κ2) is 6.98. The maximum atomic E-state index is 12.1. The molecule has 92 valence electrons. The zero-order valence-corrected chi connectivity index (χ0v) is 10.6. The Kier molecular flexibility index (Phi) is 5.59. The van der Waals surface area contributed by atoms with Crippen LogP contribution < -0.4 is 5.73 Å². The van der Waals surface area contributed by atoms with E-state index in [1.54, 1.807) is 22.4 Å². The van der Waals surface area contributed by atoms with E-state index in [4.69, 9.17) is 5.73 Å². The largest absolute Gasteiger partial charge is 0.330 e. The third-order valence-corrected chi connectivity index (χ3v) is 3.02. The SMILES string of the molecule is C=CCN(CC=C)C(=O)c1csc(CCN)n1. The average Bonchev–Trinajstić information content (AvgIpc) is 2.77. The van der Waals surface area contributed by atoms with Gasteiger partial charge in [0.15, 0.2) is 0 Å². The summed E-state index contributed by atoms with van der Waals surface area (Å²) in [5, 5.41) is 2.67. The molecule has 0 saturated heterocycles. The molecule has 1 aromatic heterocycles. The van der Waals surface area contributed by atoms with Gasteiger partial charge in [0, 0.05) is 24.9 Å². The van der Waals surface area contributed by atoms with Crippen molar-refractivity contribution >= 4 is 17.2 Å². The quantitative estimate of drug-likeness (QED) is 0.746. The van der Waals surface area contributed by atoms with Crippen molar-refractivity contribution in [3.63, 3.8) is 0 Å². The lowest BCUT2D eigenvalue weighted by atomic mass is 10.3. The first kappa shape index (κ1) is 13.6. The van der Waals surface area contributed by atoms with Crippen LogP contribution in [0.3, 0.4) is 0 Å². The molecule has 17 heavy (non-hydrogen) atoms. The highest BCUT2D eigenvalue weighted by atomic mass is 32.1. The summed E-state index contributed by atoms with van der Waals surface area (Å²) in [7, 11) is 0. The van der Waals surface area contributed by atoms with Crippen molar-refractivity contribution in [2.45, 2.75) is 6.42 Å². The van der Waals surface area contributed by atoms with E-state index in [2.05, 4.69) is 18.1 Å². The van der Waals surface area contributed by atoms with E-state index in [0.717, 1.165) is 5.01 Å². The summed E-state index contributed by atoms with van der Waals surface area (Å²) in [5.74, 6) is -0.0932. The van der Waals surface area contributed by atoms with Gasteiger partial charge in [0.1, 0.15) is 5.69 Å². The summed E-state index contributed by atoms with van der Waals surface area (Å²) in [5.41, 5.74) is 5.92. The molecule has 2 N–H and O–H groups in total. The van der Waals surface area contributed by atoms with Gasteiger partial charge in [0.05, 0.1) is 5.01 Å². The van der Waals surface area contributed by atoms with Gasteiger partial charge in [0.2, 0.25) is 0 Å². The molecule has 0 saturated carbocycles. The number of hydrogen-bond donors (Lipinski definition) is 1. The maximum Gasteiger partial charge on any atom is 0.273 e. The molecule has 0 aromatic carbocycles. The fourth-order valence-corrected chi connectivity index (χ4v) is 2.15. The van der Waals surface area contributed by atoms with E-state index >= 15 is 0 Å². The molecule has 4 nitrogen and oxygen atoms in total. The second-order valence-electron chi connectivity index (χ2n) is 3.45. The minimum absolute atomic E-state index is 0.0932. The van der Waals surface area contributed by atoms with Crippen LogP contribution >= 0.6 is 11.3 Å². The summed E-state index contributed by atoms with van der Waals surface area (Å²) >= 11 is 1.47. The Morgan fingerprint density at radius 1 is 1.47 bits per heavy atom. The molecule has 0 spiro atoms. The first-order valence-electron chi connectivity index (χ1n) is 5.38. The number of aromatic nitrogens is 1. The summed E-state index contributed by atoms with van der Waals surface area (Å²) in [4.78, 5) is 18.0. The number of hydrogen-bond acceptors (Lipinski definition) is 4. The van der Waals surface area contributed by atoms with E-state index < -0.39 is 0 Å². The van der Waals surface area contributed by atoms with Gasteiger partial charge in [0.25, 0.3) is 5.91 Å². The predicted molar refractivity (Wildman–Crippen MR) is 71.2 cm³/mol. The molecule has 0 unspecified atom stereocenters. The Bertz CT molecular complexity index is 390. The van der Waals surface area contributed by atoms with Crippen LogP contribution in [0.2, 0.25) is 0 Å². The Morgan fingerprint density at radius 2 is 2.12 bits per heavy atom. The fraction of sp³-hybridized carbons (Fsp3) is 0.333. The Balaban J connectivity index is 2.77. The number of thiazole rings is 1. The van der Waals surface area contributed by atoms with E-state index in [9.17, 15) is 4.79 Å². The van der Waals surface area contributed by atoms with Gasteiger partial charge in [-0.3, -0.25) is 4.79 Å². The number of amides is 1. The van der Waals surface area contributed by atoms with Gasteiger partial charge in [-0.25, -0.2) is 4.98 Å². The number of nitrogens with zero attached hydrogens (tertiary/aromatic N) is 2. The van der Waals surface area contributed by atoms with E-state index in [1.165, 1.54) is 11.3 Å². The standard InChI is InChI=1S/C12H17N3OS/c1-3-7-15(8-4-2)12(16)10-9-17-11(14-10)5-6-13/h3-4,9H,1-2,5-8,13H2. The van der Waals surface area contributed by atoms with Crippen LogP contribution in [0.1, 0.15) is 15.5 Å². The molecule has 1 aromatic rings. The van der Waals surface area contributed by atoms with Crippen molar-refractivity contribution in [3.8, 4) is 0 Å². The number of nitrogens with two attached hydrogens (primary N) is 1. The molecule has 1 heterocycles. The zero-order valence-electron chi connectivity index (χ0n) is 9.76. The van der Waals surface area contributed by atoms with E-state index in [1.807, 2.05) is 0 Å². The van der Waals surface area contributed by atoms with Crippen LogP contribution in [0.4, 0.5) is 0 Å². The first-order valence-corrected chi connectivity index (χ1v) is 6.26. The topological polar surface area (TPSA) is 59.2 Å². The number of carbonyl (C=O) groups is 1. The Hall–Kier alpha value is -1.46. The minimum Gasteiger partial charge on any atom is -0.330 e. The summed E-state index contributed by atoms with van der Waals surface area (Å²) in [6, 6.07) is 0. The van der Waals surface area contributed by atoms with Crippen LogP contribution in [0.15, 0.2) is 30.7 Å². The van der Waals surface area contributed by atoms with Crippen molar-refractivity contribution in [2.75, 3.05) is 19.6 Å². The molecule has 0 aliphatic heterocycles. The molecule has 0 aliphatic carbocycles. The average molecular weight is 251 g/mol. The summed E-state index contributed by atoms with van der Waals surface area (Å²) < 4.78 is 0. The smallest absolute Gasteiger partial charge is 0.273 e. The van der Waals surface area contributed by atoms with Crippen LogP contribution in [0.5, 0.6) is 0 Å². The summed E-state index contributed by atoms with van der Waals surface area (Å²) in [6.45, 7) is 8.80. The molecular formula is C12H17N3OS. The highest BCUT2D eigenvalue weighted by Gasteiger charge is 2.16. The molecule has 0 atom stereocenters. The first-order chi connectivity index (χ1) is 8.22. The summed E-state index contributed by atoms with van der Waals surface area (Å²) in [6.07, 6.45) is 4.09. The molecule has 0 fully saturated rings. The zero-order chi connectivity index (χ0) is 12.7. The lowest BCUT2D eigenvalue weighted by molar-refractivity contribution is 0.0785. The van der Waals surface area contributed by atoms with Crippen molar-refractivity contribution in [1.82, 2.24) is 9.88 Å². The normalized spacial score (nSPS) is 9.94. The highest BCUT2D eigenvalue weighted by molar-refractivity contribution is 7.09. The molecule has 0 radical (unpaired) electrons. The predicted octanol–water partition coefficient (Wildman–Crippen LogP) is 1.46. The van der Waals surface area contributed by atoms with Crippen molar-refractivity contribution in [3.05, 3.63) is 41.4 Å². The van der Waals surface area contributed by atoms with Gasteiger partial charge < -0.3 is 10.6 Å². The number of rotatable bonds is 7. The number of carbonyl (C=O) groups excluding carboxylic acids is 1. The van der Waals surface area contributed by atoms with Gasteiger partial charge in [-0.1, -0.05) is 12.2 Å². The fourth-order valence-electron chi connectivity index (χ4n) is 1.36. The molecule has 1 amide bonds. The van der Waals surface area contributed by atoms with Crippen molar-refractivity contribution in [1.29, 1.82) is 0 Å². The Labute approximate surface area is 105 Å². The van der Waals surface area contributed by atoms with Crippen LogP contribution in [-0.2, 0) is 6.42 Å². The van der Waals surface area contributed by atoms with Crippen LogP contribution in [0, 0.1) is 0 Å².